The first-order valence-electron chi connectivity index (χ1n) is 6.92. The molecule has 0 N–H and O–H groups in total. The van der Waals surface area contributed by atoms with Gasteiger partial charge < -0.3 is 0 Å². The molecule has 7 nitrogen and oxygen atoms in total. The second-order valence-electron chi connectivity index (χ2n) is 4.88. The van der Waals surface area contributed by atoms with E-state index in [2.05, 4.69) is 10.0 Å². The van der Waals surface area contributed by atoms with Gasteiger partial charge in [-0.05, 0) is 23.2 Å². The second kappa shape index (κ2) is 6.31. The summed E-state index contributed by atoms with van der Waals surface area (Å²) in [5.41, 5.74) is 10.0. The van der Waals surface area contributed by atoms with Crippen LogP contribution >= 0.6 is 0 Å². The molecule has 23 heavy (non-hydrogen) atoms. The van der Waals surface area contributed by atoms with Gasteiger partial charge in [-0.25, -0.2) is 0 Å². The van der Waals surface area contributed by atoms with Crippen molar-refractivity contribution in [3.8, 4) is 0 Å². The lowest BCUT2D eigenvalue weighted by Gasteiger charge is -2.17. The quantitative estimate of drug-likeness (QED) is 0.367. The number of azide groups is 1. The van der Waals surface area contributed by atoms with Crippen LogP contribution in [-0.4, -0.2) is 23.5 Å². The lowest BCUT2D eigenvalue weighted by molar-refractivity contribution is -0.0955. The number of hydrogen-bond acceptors (Lipinski definition) is 4. The molecule has 2 aromatic carbocycles. The maximum Gasteiger partial charge on any atom is 0.285 e. The molecule has 7 heteroatoms. The lowest BCUT2D eigenvalue weighted by Crippen LogP contribution is -2.31. The topological polar surface area (TPSA) is 95.4 Å². The molecule has 0 fully saturated rings. The molecule has 0 spiro atoms. The average molecular weight is 308 g/mol. The molecule has 1 atom stereocenters. The van der Waals surface area contributed by atoms with E-state index in [1.54, 1.807) is 48.5 Å². The van der Waals surface area contributed by atoms with Crippen molar-refractivity contribution < 1.29 is 14.4 Å². The maximum atomic E-state index is 12.2. The summed E-state index contributed by atoms with van der Waals surface area (Å²) in [6, 6.07) is 14.9. The molecule has 1 aliphatic rings. The fourth-order valence-corrected chi connectivity index (χ4v) is 2.36. The van der Waals surface area contributed by atoms with Gasteiger partial charge in [0.05, 0.1) is 23.8 Å². The van der Waals surface area contributed by atoms with Crippen molar-refractivity contribution in [2.24, 2.45) is 5.11 Å². The van der Waals surface area contributed by atoms with Crippen molar-refractivity contribution in [3.05, 3.63) is 81.7 Å². The van der Waals surface area contributed by atoms with Crippen molar-refractivity contribution in [1.82, 2.24) is 5.06 Å². The van der Waals surface area contributed by atoms with Crippen molar-refractivity contribution in [2.45, 2.75) is 6.04 Å². The third kappa shape index (κ3) is 2.78. The number of carbonyl (C=O) groups is 2. The SMILES string of the molecule is [N-]=[N+]=NC(CON1C(=O)c2ccccc2C1=O)c1ccccc1. The molecule has 0 aromatic heterocycles. The molecule has 114 valence electrons. The fourth-order valence-electron chi connectivity index (χ4n) is 2.36. The smallest absolute Gasteiger partial charge is 0.266 e. The molecule has 0 radical (unpaired) electrons. The summed E-state index contributed by atoms with van der Waals surface area (Å²) in [5.74, 6) is -1.03. The number of carbonyl (C=O) groups excluding carboxylic acids is 2. The number of hydrogen-bond donors (Lipinski definition) is 0. The van der Waals surface area contributed by atoms with Gasteiger partial charge in [0.25, 0.3) is 11.8 Å². The Hall–Kier alpha value is -3.15. The van der Waals surface area contributed by atoms with Gasteiger partial charge in [-0.15, -0.1) is 5.06 Å². The first-order valence-corrected chi connectivity index (χ1v) is 6.92. The minimum Gasteiger partial charge on any atom is -0.266 e. The fraction of sp³-hybridized carbons (Fsp3) is 0.125. The van der Waals surface area contributed by atoms with Crippen molar-refractivity contribution in [2.75, 3.05) is 6.61 Å². The summed E-state index contributed by atoms with van der Waals surface area (Å²) in [7, 11) is 0. The van der Waals surface area contributed by atoms with Crippen LogP contribution < -0.4 is 0 Å². The predicted molar refractivity (Wildman–Crippen MR) is 81.2 cm³/mol. The number of amides is 2. The summed E-state index contributed by atoms with van der Waals surface area (Å²) >= 11 is 0. The number of fused-ring (bicyclic) bond motifs is 1. The van der Waals surface area contributed by atoms with Crippen LogP contribution in [-0.2, 0) is 4.84 Å². The molecule has 0 saturated heterocycles. The predicted octanol–water partition coefficient (Wildman–Crippen LogP) is 3.27. The van der Waals surface area contributed by atoms with E-state index in [0.29, 0.717) is 16.2 Å². The zero-order valence-corrected chi connectivity index (χ0v) is 12.0. The summed E-state index contributed by atoms with van der Waals surface area (Å²) in [4.78, 5) is 32.5. The van der Waals surface area contributed by atoms with Crippen LogP contribution in [0.4, 0.5) is 0 Å². The molecular formula is C16H12N4O3. The first kappa shape index (κ1) is 14.8. The lowest BCUT2D eigenvalue weighted by atomic mass is 10.1. The van der Waals surface area contributed by atoms with E-state index in [0.717, 1.165) is 5.56 Å². The Balaban J connectivity index is 1.77. The summed E-state index contributed by atoms with van der Waals surface area (Å²) < 4.78 is 0. The van der Waals surface area contributed by atoms with Gasteiger partial charge >= 0.3 is 0 Å². The standard InChI is InChI=1S/C16H12N4O3/c17-19-18-14(11-6-2-1-3-7-11)10-23-20-15(21)12-8-4-5-9-13(12)16(20)22/h1-9,14H,10H2. The molecule has 3 rings (SSSR count). The van der Waals surface area contributed by atoms with Gasteiger partial charge in [-0.3, -0.25) is 14.4 Å². The number of imide groups is 1. The highest BCUT2D eigenvalue weighted by Crippen LogP contribution is 2.25. The Bertz CT molecular complexity index is 765. The van der Waals surface area contributed by atoms with Gasteiger partial charge in [-0.1, -0.05) is 47.6 Å². The number of benzene rings is 2. The molecule has 0 aliphatic carbocycles. The minimum atomic E-state index is -0.634. The van der Waals surface area contributed by atoms with Crippen LogP contribution in [0.15, 0.2) is 59.7 Å². The van der Waals surface area contributed by atoms with Crippen LogP contribution in [0.3, 0.4) is 0 Å². The highest BCUT2D eigenvalue weighted by Gasteiger charge is 2.36. The largest absolute Gasteiger partial charge is 0.285 e. The Morgan fingerprint density at radius 2 is 1.57 bits per heavy atom. The van der Waals surface area contributed by atoms with Crippen molar-refractivity contribution in [3.63, 3.8) is 0 Å². The Morgan fingerprint density at radius 1 is 1.00 bits per heavy atom. The molecule has 1 unspecified atom stereocenters. The Kier molecular flexibility index (Phi) is 4.05. The van der Waals surface area contributed by atoms with E-state index >= 15 is 0 Å². The zero-order chi connectivity index (χ0) is 16.2. The highest BCUT2D eigenvalue weighted by molar-refractivity contribution is 6.20. The molecule has 1 aliphatic heterocycles. The van der Waals surface area contributed by atoms with Crippen LogP contribution in [0.1, 0.15) is 32.3 Å². The van der Waals surface area contributed by atoms with Gasteiger partial charge in [0.1, 0.15) is 0 Å². The average Bonchev–Trinajstić information content (AvgIpc) is 2.84. The van der Waals surface area contributed by atoms with Crippen LogP contribution in [0.25, 0.3) is 10.4 Å². The van der Waals surface area contributed by atoms with E-state index in [9.17, 15) is 9.59 Å². The van der Waals surface area contributed by atoms with Crippen LogP contribution in [0.5, 0.6) is 0 Å². The normalized spacial score (nSPS) is 14.3. The summed E-state index contributed by atoms with van der Waals surface area (Å²) in [6.45, 7) is -0.112. The molecule has 0 saturated carbocycles. The maximum absolute atomic E-state index is 12.2. The Morgan fingerprint density at radius 3 is 2.13 bits per heavy atom. The van der Waals surface area contributed by atoms with Crippen molar-refractivity contribution >= 4 is 11.8 Å². The first-order chi connectivity index (χ1) is 11.2. The van der Waals surface area contributed by atoms with Gasteiger partial charge in [-0.2, -0.15) is 0 Å². The van der Waals surface area contributed by atoms with Crippen molar-refractivity contribution in [1.29, 1.82) is 0 Å². The van der Waals surface area contributed by atoms with Gasteiger partial charge in [0, 0.05) is 4.91 Å². The third-order valence-corrected chi connectivity index (χ3v) is 3.49. The molecule has 2 aromatic rings. The Labute approximate surface area is 131 Å². The van der Waals surface area contributed by atoms with Crippen LogP contribution in [0.2, 0.25) is 0 Å². The monoisotopic (exact) mass is 308 g/mol. The number of rotatable bonds is 5. The number of nitrogens with zero attached hydrogens (tertiary/aromatic N) is 4. The highest BCUT2D eigenvalue weighted by atomic mass is 16.7. The van der Waals surface area contributed by atoms with E-state index in [4.69, 9.17) is 10.4 Å². The van der Waals surface area contributed by atoms with E-state index < -0.39 is 17.9 Å². The van der Waals surface area contributed by atoms with Crippen LogP contribution in [0, 0.1) is 0 Å². The van der Waals surface area contributed by atoms with E-state index in [-0.39, 0.29) is 6.61 Å². The summed E-state index contributed by atoms with van der Waals surface area (Å²) in [6.07, 6.45) is 0. The molecular weight excluding hydrogens is 296 g/mol. The van der Waals surface area contributed by atoms with Gasteiger partial charge in [0.2, 0.25) is 0 Å². The molecule has 2 amide bonds. The molecule has 1 heterocycles. The summed E-state index contributed by atoms with van der Waals surface area (Å²) in [5, 5.41) is 4.38. The number of hydroxylamine groups is 2. The second-order valence-corrected chi connectivity index (χ2v) is 4.88. The van der Waals surface area contributed by atoms with E-state index in [1.807, 2.05) is 6.07 Å². The van der Waals surface area contributed by atoms with Gasteiger partial charge in [0.15, 0.2) is 0 Å². The van der Waals surface area contributed by atoms with E-state index in [1.165, 1.54) is 0 Å². The third-order valence-electron chi connectivity index (χ3n) is 3.49. The minimum absolute atomic E-state index is 0.112. The zero-order valence-electron chi connectivity index (χ0n) is 12.0. The molecule has 0 bridgehead atoms.